The zero-order chi connectivity index (χ0) is 11.5. The summed E-state index contributed by atoms with van der Waals surface area (Å²) in [5.41, 5.74) is -0.460. The van der Waals surface area contributed by atoms with E-state index in [0.717, 1.165) is 0 Å². The van der Waals surface area contributed by atoms with Gasteiger partial charge in [-0.25, -0.2) is 4.79 Å². The number of nitrogens with zero attached hydrogens (tertiary/aromatic N) is 1. The largest absolute Gasteiger partial charge is 0.444 e. The molecular formula is C10H19NO4. The van der Waals surface area contributed by atoms with Gasteiger partial charge in [-0.2, -0.15) is 0 Å². The molecule has 0 radical (unpaired) electrons. The van der Waals surface area contributed by atoms with Crippen LogP contribution in [0.4, 0.5) is 4.79 Å². The van der Waals surface area contributed by atoms with Gasteiger partial charge in [0.15, 0.2) is 6.29 Å². The second-order valence-electron chi connectivity index (χ2n) is 4.46. The lowest BCUT2D eigenvalue weighted by atomic mass is 10.2. The van der Waals surface area contributed by atoms with Gasteiger partial charge in [-0.15, -0.1) is 0 Å². The predicted octanol–water partition coefficient (Wildman–Crippen LogP) is 1.23. The molecule has 1 aliphatic heterocycles. The predicted molar refractivity (Wildman–Crippen MR) is 54.6 cm³/mol. The minimum atomic E-state index is -0.460. The Kier molecular flexibility index (Phi) is 3.93. The first-order valence-corrected chi connectivity index (χ1v) is 5.05. The highest BCUT2D eigenvalue weighted by molar-refractivity contribution is 5.68. The van der Waals surface area contributed by atoms with Crippen molar-refractivity contribution in [2.24, 2.45) is 0 Å². The minimum absolute atomic E-state index is 0.312. The third-order valence-corrected chi connectivity index (χ3v) is 1.95. The summed E-state index contributed by atoms with van der Waals surface area (Å²) in [7, 11) is 1.56. The number of hydrogen-bond donors (Lipinski definition) is 0. The fourth-order valence-corrected chi connectivity index (χ4v) is 1.25. The molecule has 1 atom stereocenters. The molecule has 0 bridgehead atoms. The van der Waals surface area contributed by atoms with E-state index >= 15 is 0 Å². The van der Waals surface area contributed by atoms with Crippen LogP contribution in [0, 0.1) is 0 Å². The van der Waals surface area contributed by atoms with E-state index in [-0.39, 0.29) is 12.4 Å². The van der Waals surface area contributed by atoms with Crippen molar-refractivity contribution < 1.29 is 19.0 Å². The van der Waals surface area contributed by atoms with Crippen LogP contribution >= 0.6 is 0 Å². The molecule has 0 saturated carbocycles. The third-order valence-electron chi connectivity index (χ3n) is 1.95. The molecule has 1 aliphatic rings. The van der Waals surface area contributed by atoms with Crippen LogP contribution in [0.2, 0.25) is 0 Å². The van der Waals surface area contributed by atoms with Crippen molar-refractivity contribution in [3.05, 3.63) is 0 Å². The molecule has 1 heterocycles. The minimum Gasteiger partial charge on any atom is -0.444 e. The van der Waals surface area contributed by atoms with Gasteiger partial charge in [0.1, 0.15) is 5.60 Å². The van der Waals surface area contributed by atoms with Gasteiger partial charge in [-0.1, -0.05) is 0 Å². The van der Waals surface area contributed by atoms with Gasteiger partial charge in [-0.3, -0.25) is 0 Å². The molecular weight excluding hydrogens is 198 g/mol. The normalized spacial score (nSPS) is 22.7. The molecule has 0 aromatic heterocycles. The standard InChI is InChI=1S/C10H19NO4/c1-10(2,3)15-9(12)11-5-6-14-8(7-11)13-4/h8H,5-7H2,1-4H3/t8-/m0/s1. The SMILES string of the molecule is CO[C@@H]1CN(C(=O)OC(C)(C)C)CCO1. The fourth-order valence-electron chi connectivity index (χ4n) is 1.25. The summed E-state index contributed by atoms with van der Waals surface area (Å²) in [4.78, 5) is 13.3. The lowest BCUT2D eigenvalue weighted by Crippen LogP contribution is -2.47. The first-order chi connectivity index (χ1) is 6.92. The summed E-state index contributed by atoms with van der Waals surface area (Å²) in [5, 5.41) is 0. The maximum Gasteiger partial charge on any atom is 0.410 e. The number of carbonyl (C=O) groups is 1. The van der Waals surface area contributed by atoms with Crippen molar-refractivity contribution in [1.82, 2.24) is 4.90 Å². The maximum absolute atomic E-state index is 11.7. The molecule has 5 nitrogen and oxygen atoms in total. The first-order valence-electron chi connectivity index (χ1n) is 5.05. The van der Waals surface area contributed by atoms with Crippen LogP contribution in [0.15, 0.2) is 0 Å². The van der Waals surface area contributed by atoms with Crippen LogP contribution < -0.4 is 0 Å². The van der Waals surface area contributed by atoms with Crippen molar-refractivity contribution in [1.29, 1.82) is 0 Å². The average molecular weight is 217 g/mol. The highest BCUT2D eigenvalue weighted by atomic mass is 16.7. The molecule has 1 rings (SSSR count). The quantitative estimate of drug-likeness (QED) is 0.662. The van der Waals surface area contributed by atoms with Crippen molar-refractivity contribution >= 4 is 6.09 Å². The molecule has 88 valence electrons. The van der Waals surface area contributed by atoms with Gasteiger partial charge in [-0.05, 0) is 20.8 Å². The van der Waals surface area contributed by atoms with Gasteiger partial charge >= 0.3 is 6.09 Å². The Labute approximate surface area is 90.3 Å². The summed E-state index contributed by atoms with van der Waals surface area (Å²) >= 11 is 0. The Morgan fingerprint density at radius 2 is 2.13 bits per heavy atom. The molecule has 0 aromatic rings. The highest BCUT2D eigenvalue weighted by Crippen LogP contribution is 2.13. The van der Waals surface area contributed by atoms with E-state index in [0.29, 0.717) is 19.7 Å². The van der Waals surface area contributed by atoms with Crippen LogP contribution in [0.5, 0.6) is 0 Å². The van der Waals surface area contributed by atoms with E-state index in [1.807, 2.05) is 20.8 Å². The Balaban J connectivity index is 2.45. The summed E-state index contributed by atoms with van der Waals surface area (Å²) < 4.78 is 15.5. The van der Waals surface area contributed by atoms with Crippen molar-refractivity contribution in [3.63, 3.8) is 0 Å². The maximum atomic E-state index is 11.7. The number of carbonyl (C=O) groups excluding carboxylic acids is 1. The first kappa shape index (κ1) is 12.3. The number of ether oxygens (including phenoxy) is 3. The molecule has 1 saturated heterocycles. The van der Waals surface area contributed by atoms with E-state index in [4.69, 9.17) is 14.2 Å². The third kappa shape index (κ3) is 4.05. The molecule has 0 unspecified atom stereocenters. The molecule has 5 heteroatoms. The van der Waals surface area contributed by atoms with E-state index < -0.39 is 5.60 Å². The van der Waals surface area contributed by atoms with Crippen LogP contribution in [0.1, 0.15) is 20.8 Å². The number of amides is 1. The second kappa shape index (κ2) is 4.81. The zero-order valence-electron chi connectivity index (χ0n) is 9.78. The topological polar surface area (TPSA) is 48.0 Å². The number of methoxy groups -OCH3 is 1. The van der Waals surface area contributed by atoms with Crippen LogP contribution in [0.25, 0.3) is 0 Å². The molecule has 0 aromatic carbocycles. The number of rotatable bonds is 1. The lowest BCUT2D eigenvalue weighted by Gasteiger charge is -2.33. The lowest BCUT2D eigenvalue weighted by molar-refractivity contribution is -0.161. The molecule has 0 spiro atoms. The Bertz CT molecular complexity index is 224. The molecule has 0 N–H and O–H groups in total. The van der Waals surface area contributed by atoms with Crippen LogP contribution in [-0.4, -0.2) is 49.7 Å². The van der Waals surface area contributed by atoms with Crippen LogP contribution in [0.3, 0.4) is 0 Å². The zero-order valence-corrected chi connectivity index (χ0v) is 9.78. The Hall–Kier alpha value is -0.810. The molecule has 15 heavy (non-hydrogen) atoms. The monoisotopic (exact) mass is 217 g/mol. The Morgan fingerprint density at radius 3 is 2.67 bits per heavy atom. The van der Waals surface area contributed by atoms with Gasteiger partial charge < -0.3 is 19.1 Å². The number of hydrogen-bond acceptors (Lipinski definition) is 4. The van der Waals surface area contributed by atoms with E-state index in [1.54, 1.807) is 12.0 Å². The van der Waals surface area contributed by atoms with E-state index in [9.17, 15) is 4.79 Å². The fraction of sp³-hybridized carbons (Fsp3) is 0.900. The number of morpholine rings is 1. The summed E-state index contributed by atoms with van der Waals surface area (Å²) in [6.07, 6.45) is -0.654. The summed E-state index contributed by atoms with van der Waals surface area (Å²) in [6, 6.07) is 0. The summed E-state index contributed by atoms with van der Waals surface area (Å²) in [6.45, 7) is 7.00. The van der Waals surface area contributed by atoms with Gasteiger partial charge in [0.25, 0.3) is 0 Å². The van der Waals surface area contributed by atoms with E-state index in [1.165, 1.54) is 0 Å². The van der Waals surface area contributed by atoms with Crippen molar-refractivity contribution in [2.75, 3.05) is 26.8 Å². The average Bonchev–Trinajstić information content (AvgIpc) is 2.15. The van der Waals surface area contributed by atoms with Crippen LogP contribution in [-0.2, 0) is 14.2 Å². The van der Waals surface area contributed by atoms with Gasteiger partial charge in [0.2, 0.25) is 0 Å². The molecule has 1 amide bonds. The van der Waals surface area contributed by atoms with Gasteiger partial charge in [0, 0.05) is 13.7 Å². The van der Waals surface area contributed by atoms with Crippen molar-refractivity contribution in [3.8, 4) is 0 Å². The second-order valence-corrected chi connectivity index (χ2v) is 4.46. The van der Waals surface area contributed by atoms with E-state index in [2.05, 4.69) is 0 Å². The van der Waals surface area contributed by atoms with Gasteiger partial charge in [0.05, 0.1) is 13.2 Å². The summed E-state index contributed by atoms with van der Waals surface area (Å²) in [5.74, 6) is 0. The molecule has 1 fully saturated rings. The Morgan fingerprint density at radius 1 is 1.47 bits per heavy atom. The smallest absolute Gasteiger partial charge is 0.410 e. The van der Waals surface area contributed by atoms with Crippen molar-refractivity contribution in [2.45, 2.75) is 32.7 Å². The highest BCUT2D eigenvalue weighted by Gasteiger charge is 2.27. The molecule has 0 aliphatic carbocycles.